The molecule has 0 atom stereocenters. The summed E-state index contributed by atoms with van der Waals surface area (Å²) in [5, 5.41) is 16.2. The van der Waals surface area contributed by atoms with Crippen molar-refractivity contribution < 1.29 is 21.6 Å². The molecule has 0 bridgehead atoms. The smallest absolute Gasteiger partial charge is 0.741 e. The molecule has 0 amide bonds. The quantitative estimate of drug-likeness (QED) is 0.278. The maximum atomic E-state index is 9.28. The summed E-state index contributed by atoms with van der Waals surface area (Å²) in [4.78, 5) is 0. The first-order chi connectivity index (χ1) is 6.20. The van der Waals surface area contributed by atoms with Crippen LogP contribution in [0, 0.1) is 0 Å². The Morgan fingerprint density at radius 1 is 1.40 bits per heavy atom. The Kier molecular flexibility index (Phi) is 8.86. The third kappa shape index (κ3) is 6.01. The van der Waals surface area contributed by atoms with Crippen LogP contribution in [-0.2, 0) is 29.1 Å². The third-order valence-corrected chi connectivity index (χ3v) is 1.37. The van der Waals surface area contributed by atoms with E-state index in [2.05, 4.69) is 22.8 Å². The van der Waals surface area contributed by atoms with Crippen molar-refractivity contribution in [3.8, 4) is 5.75 Å². The molecule has 1 aromatic rings. The van der Waals surface area contributed by atoms with Crippen molar-refractivity contribution in [3.63, 3.8) is 0 Å². The van der Waals surface area contributed by atoms with E-state index in [1.807, 2.05) is 0 Å². The molecule has 0 saturated carbocycles. The zero-order valence-electron chi connectivity index (χ0n) is 7.61. The van der Waals surface area contributed by atoms with E-state index < -0.39 is 0 Å². The standard InChI is InChI=1S/C8H9N3OS.H2N.Ni/c9-8(13)11-10-5-6-3-1-2-4-7(6)12;;/h1-5,12H,(H3,9,11,13);1H2;/q;-1;+2/p-1. The van der Waals surface area contributed by atoms with Crippen molar-refractivity contribution in [1.29, 1.82) is 0 Å². The number of phenolic OH excluding ortho intramolecular Hbond substituents is 1. The molecule has 0 fully saturated rings. The van der Waals surface area contributed by atoms with Crippen LogP contribution in [0.1, 0.15) is 5.56 Å². The summed E-state index contributed by atoms with van der Waals surface area (Å²) in [6.45, 7) is 0. The van der Waals surface area contributed by atoms with Gasteiger partial charge in [-0.05, 0) is 17.3 Å². The molecule has 0 aliphatic rings. The van der Waals surface area contributed by atoms with Gasteiger partial charge in [0, 0.05) is 5.56 Å². The van der Waals surface area contributed by atoms with Crippen LogP contribution in [-0.4, -0.2) is 16.5 Å². The molecule has 0 aliphatic heterocycles. The Hall–Kier alpha value is -1.17. The first-order valence-corrected chi connectivity index (χ1v) is 3.92. The number of nitrogens with two attached hydrogens (primary N) is 2. The van der Waals surface area contributed by atoms with Gasteiger partial charge in [-0.2, -0.15) is 10.2 Å². The summed E-state index contributed by atoms with van der Waals surface area (Å²) in [7, 11) is 0. The van der Waals surface area contributed by atoms with Crippen LogP contribution < -0.4 is 5.73 Å². The molecule has 5 nitrogen and oxygen atoms in total. The van der Waals surface area contributed by atoms with Crippen molar-refractivity contribution in [1.82, 2.24) is 0 Å². The maximum Gasteiger partial charge on any atom is 2.00 e. The Labute approximate surface area is 103 Å². The molecule has 0 radical (unpaired) electrons. The molecule has 0 aromatic heterocycles. The van der Waals surface area contributed by atoms with E-state index in [9.17, 15) is 5.11 Å². The minimum atomic E-state index is -0.0355. The fraction of sp³-hybridized carbons (Fsp3) is 0. The summed E-state index contributed by atoms with van der Waals surface area (Å²) < 4.78 is 0. The summed E-state index contributed by atoms with van der Waals surface area (Å²) >= 11 is 4.48. The number of benzene rings is 1. The molecule has 0 saturated heterocycles. The molecule has 0 aliphatic carbocycles. The summed E-state index contributed by atoms with van der Waals surface area (Å²) in [6.07, 6.45) is 1.38. The normalized spacial score (nSPS) is 10.5. The molecule has 5 N–H and O–H groups in total. The van der Waals surface area contributed by atoms with E-state index >= 15 is 0 Å². The number of amidine groups is 1. The van der Waals surface area contributed by atoms with Gasteiger partial charge >= 0.3 is 16.5 Å². The molecule has 1 aromatic carbocycles. The molecular formula is C8H10N4NiOS. The first kappa shape index (κ1) is 16.3. The SMILES string of the molecule is NC([S-])=NN=Cc1ccccc1O.[NH2-].[Ni+2]. The van der Waals surface area contributed by atoms with Crippen LogP contribution in [0.5, 0.6) is 5.75 Å². The second-order valence-electron chi connectivity index (χ2n) is 2.24. The predicted octanol–water partition coefficient (Wildman–Crippen LogP) is 1.30. The summed E-state index contributed by atoms with van der Waals surface area (Å²) in [5.41, 5.74) is 5.65. The number of hydrogen-bond donors (Lipinski definition) is 2. The van der Waals surface area contributed by atoms with Crippen LogP contribution in [0.4, 0.5) is 0 Å². The van der Waals surface area contributed by atoms with Crippen LogP contribution in [0.15, 0.2) is 34.5 Å². The van der Waals surface area contributed by atoms with Crippen molar-refractivity contribution in [3.05, 3.63) is 36.0 Å². The largest absolute Gasteiger partial charge is 2.00 e. The number of rotatable bonds is 2. The van der Waals surface area contributed by atoms with E-state index in [1.165, 1.54) is 6.21 Å². The van der Waals surface area contributed by atoms with Gasteiger partial charge in [-0.3, -0.25) is 0 Å². The van der Waals surface area contributed by atoms with Gasteiger partial charge in [-0.15, -0.1) is 0 Å². The second-order valence-corrected chi connectivity index (χ2v) is 2.66. The third-order valence-electron chi connectivity index (χ3n) is 1.29. The van der Waals surface area contributed by atoms with Gasteiger partial charge in [0.2, 0.25) is 0 Å². The van der Waals surface area contributed by atoms with Gasteiger partial charge in [-0.25, -0.2) is 0 Å². The number of phenols is 1. The molecule has 0 unspecified atom stereocenters. The number of aromatic hydroxyl groups is 1. The van der Waals surface area contributed by atoms with Gasteiger partial charge in [-0.1, -0.05) is 12.1 Å². The van der Waals surface area contributed by atoms with Crippen LogP contribution in [0.2, 0.25) is 0 Å². The van der Waals surface area contributed by atoms with E-state index in [4.69, 9.17) is 5.73 Å². The Morgan fingerprint density at radius 3 is 2.53 bits per heavy atom. The number of nitrogens with zero attached hydrogens (tertiary/aromatic N) is 2. The van der Waals surface area contributed by atoms with Crippen molar-refractivity contribution >= 4 is 24.0 Å². The minimum absolute atomic E-state index is 0. The second kappa shape index (κ2) is 8.17. The Balaban J connectivity index is 0. The molecule has 1 rings (SSSR count). The summed E-state index contributed by atoms with van der Waals surface area (Å²) in [6, 6.07) is 6.76. The van der Waals surface area contributed by atoms with Crippen molar-refractivity contribution in [2.45, 2.75) is 0 Å². The topological polar surface area (TPSA) is 104 Å². The molecule has 15 heavy (non-hydrogen) atoms. The molecule has 7 heteroatoms. The van der Waals surface area contributed by atoms with Crippen LogP contribution in [0.25, 0.3) is 6.15 Å². The average molecular weight is 269 g/mol. The fourth-order valence-electron chi connectivity index (χ4n) is 0.745. The summed E-state index contributed by atoms with van der Waals surface area (Å²) in [5.74, 6) is 0.143. The Morgan fingerprint density at radius 2 is 2.00 bits per heavy atom. The van der Waals surface area contributed by atoms with E-state index in [-0.39, 0.29) is 33.6 Å². The van der Waals surface area contributed by atoms with Crippen molar-refractivity contribution in [2.75, 3.05) is 0 Å². The zero-order valence-corrected chi connectivity index (χ0v) is 9.41. The minimum Gasteiger partial charge on any atom is -0.741 e. The van der Waals surface area contributed by atoms with Gasteiger partial charge < -0.3 is 29.6 Å². The van der Waals surface area contributed by atoms with Gasteiger partial charge in [0.1, 0.15) is 5.75 Å². The van der Waals surface area contributed by atoms with Crippen molar-refractivity contribution in [2.24, 2.45) is 15.9 Å². The van der Waals surface area contributed by atoms with E-state index in [1.54, 1.807) is 24.3 Å². The van der Waals surface area contributed by atoms with E-state index in [0.717, 1.165) is 0 Å². The zero-order chi connectivity index (χ0) is 9.68. The fourth-order valence-corrected chi connectivity index (χ4v) is 0.792. The number of hydrogen-bond acceptors (Lipinski definition) is 4. The predicted molar refractivity (Wildman–Crippen MR) is 60.0 cm³/mol. The monoisotopic (exact) mass is 268 g/mol. The van der Waals surface area contributed by atoms with Gasteiger partial charge in [0.25, 0.3) is 0 Å². The molecule has 0 spiro atoms. The van der Waals surface area contributed by atoms with Crippen LogP contribution >= 0.6 is 0 Å². The number of para-hydroxylation sites is 1. The molecule has 84 valence electrons. The van der Waals surface area contributed by atoms with Crippen LogP contribution in [0.3, 0.4) is 0 Å². The van der Waals surface area contributed by atoms with Gasteiger partial charge in [0.05, 0.1) is 6.21 Å². The Bertz CT molecular complexity index is 352. The van der Waals surface area contributed by atoms with Gasteiger partial charge in [0.15, 0.2) is 0 Å². The molecular weight excluding hydrogens is 259 g/mol. The first-order valence-electron chi connectivity index (χ1n) is 3.51. The average Bonchev–Trinajstić information content (AvgIpc) is 2.08. The maximum absolute atomic E-state index is 9.28. The van der Waals surface area contributed by atoms with E-state index in [0.29, 0.717) is 5.56 Å². The molecule has 0 heterocycles.